The lowest BCUT2D eigenvalue weighted by Gasteiger charge is -2.04. The van der Waals surface area contributed by atoms with E-state index in [-0.39, 0.29) is 6.79 Å². The Morgan fingerprint density at radius 2 is 2.21 bits per heavy atom. The third-order valence-electron chi connectivity index (χ3n) is 2.27. The van der Waals surface area contributed by atoms with E-state index < -0.39 is 0 Å². The van der Waals surface area contributed by atoms with Gasteiger partial charge in [-0.2, -0.15) is 5.10 Å². The van der Waals surface area contributed by atoms with Gasteiger partial charge in [0.15, 0.2) is 16.6 Å². The van der Waals surface area contributed by atoms with Crippen molar-refractivity contribution >= 4 is 35.1 Å². The van der Waals surface area contributed by atoms with Gasteiger partial charge in [-0.05, 0) is 18.3 Å². The first-order valence-corrected chi connectivity index (χ1v) is 6.26. The minimum absolute atomic E-state index is 0.208. The Balaban J connectivity index is 1.99. The van der Waals surface area contributed by atoms with Gasteiger partial charge in [0.2, 0.25) is 6.79 Å². The van der Waals surface area contributed by atoms with Gasteiger partial charge in [0.1, 0.15) is 0 Å². The number of thiocarbonyl (C=S) groups is 1. The predicted molar refractivity (Wildman–Crippen MR) is 79.1 cm³/mol. The molecule has 0 saturated heterocycles. The van der Waals surface area contributed by atoms with Crippen molar-refractivity contribution in [3.8, 4) is 11.5 Å². The quantitative estimate of drug-likeness (QED) is 0.386. The number of fused-ring (bicyclic) bond motifs is 1. The number of rotatable bonds is 4. The van der Waals surface area contributed by atoms with E-state index in [1.165, 1.54) is 0 Å². The van der Waals surface area contributed by atoms with Gasteiger partial charge in [0, 0.05) is 18.2 Å². The van der Waals surface area contributed by atoms with Crippen LogP contribution in [0.15, 0.2) is 29.9 Å². The molecule has 19 heavy (non-hydrogen) atoms. The van der Waals surface area contributed by atoms with Crippen LogP contribution >= 0.6 is 23.8 Å². The number of nitrogens with zero attached hydrogens (tertiary/aromatic N) is 1. The lowest BCUT2D eigenvalue weighted by atomic mass is 10.2. The molecule has 0 fully saturated rings. The number of hydrogen-bond acceptors (Lipinski definition) is 4. The lowest BCUT2D eigenvalue weighted by Crippen LogP contribution is -2.31. The molecule has 0 spiro atoms. The Kier molecular flexibility index (Phi) is 4.59. The molecule has 0 amide bonds. The van der Waals surface area contributed by atoms with Crippen LogP contribution in [-0.4, -0.2) is 24.7 Å². The molecular formula is C12H12ClN3O2S. The highest BCUT2D eigenvalue weighted by molar-refractivity contribution is 7.80. The zero-order valence-corrected chi connectivity index (χ0v) is 11.6. The number of nitrogens with one attached hydrogen (secondary N) is 2. The van der Waals surface area contributed by atoms with Gasteiger partial charge in [0.25, 0.3) is 0 Å². The summed E-state index contributed by atoms with van der Waals surface area (Å²) < 4.78 is 10.5. The van der Waals surface area contributed by atoms with Crippen molar-refractivity contribution in [2.75, 3.05) is 13.3 Å². The molecule has 1 aliphatic heterocycles. The van der Waals surface area contributed by atoms with Crippen LogP contribution in [0.5, 0.6) is 11.5 Å². The summed E-state index contributed by atoms with van der Waals surface area (Å²) in [5, 5.41) is 7.81. The summed E-state index contributed by atoms with van der Waals surface area (Å²) in [7, 11) is 0. The van der Waals surface area contributed by atoms with Crippen molar-refractivity contribution in [3.63, 3.8) is 0 Å². The van der Waals surface area contributed by atoms with Crippen LogP contribution in [0.2, 0.25) is 5.02 Å². The predicted octanol–water partition coefficient (Wildman–Crippen LogP) is 2.05. The monoisotopic (exact) mass is 297 g/mol. The summed E-state index contributed by atoms with van der Waals surface area (Å²) in [5.74, 6) is 1.29. The summed E-state index contributed by atoms with van der Waals surface area (Å²) in [6.07, 6.45) is 3.26. The van der Waals surface area contributed by atoms with Crippen LogP contribution in [0.1, 0.15) is 5.56 Å². The smallest absolute Gasteiger partial charge is 0.231 e. The van der Waals surface area contributed by atoms with Crippen LogP contribution in [0, 0.1) is 0 Å². The second-order valence-electron chi connectivity index (χ2n) is 3.60. The Hall–Kier alpha value is -1.79. The lowest BCUT2D eigenvalue weighted by molar-refractivity contribution is 0.174. The molecule has 100 valence electrons. The van der Waals surface area contributed by atoms with Crippen LogP contribution < -0.4 is 20.2 Å². The fourth-order valence-electron chi connectivity index (χ4n) is 1.40. The molecule has 1 aliphatic rings. The van der Waals surface area contributed by atoms with Crippen molar-refractivity contribution in [1.82, 2.24) is 10.7 Å². The first-order valence-electron chi connectivity index (χ1n) is 5.47. The van der Waals surface area contributed by atoms with Gasteiger partial charge >= 0.3 is 0 Å². The van der Waals surface area contributed by atoms with Gasteiger partial charge in [0.05, 0.1) is 11.2 Å². The molecule has 7 heteroatoms. The zero-order valence-electron chi connectivity index (χ0n) is 9.98. The fourth-order valence-corrected chi connectivity index (χ4v) is 1.74. The van der Waals surface area contributed by atoms with Crippen LogP contribution in [0.4, 0.5) is 0 Å². The van der Waals surface area contributed by atoms with E-state index in [1.54, 1.807) is 24.4 Å². The second kappa shape index (κ2) is 6.40. The van der Waals surface area contributed by atoms with E-state index in [0.29, 0.717) is 33.7 Å². The van der Waals surface area contributed by atoms with Crippen molar-refractivity contribution in [1.29, 1.82) is 0 Å². The van der Waals surface area contributed by atoms with Crippen LogP contribution in [0.25, 0.3) is 0 Å². The maximum atomic E-state index is 6.09. The molecule has 0 saturated carbocycles. The number of hydrogen-bond donors (Lipinski definition) is 2. The number of halogens is 1. The second-order valence-corrected chi connectivity index (χ2v) is 4.41. The molecule has 0 bridgehead atoms. The number of ether oxygens (including phenoxy) is 2. The maximum absolute atomic E-state index is 6.09. The molecule has 0 atom stereocenters. The summed E-state index contributed by atoms with van der Waals surface area (Å²) in [6, 6.07) is 3.45. The topological polar surface area (TPSA) is 54.9 Å². The Morgan fingerprint density at radius 3 is 2.95 bits per heavy atom. The molecule has 0 aliphatic carbocycles. The van der Waals surface area contributed by atoms with Gasteiger partial charge in [-0.25, -0.2) is 0 Å². The van der Waals surface area contributed by atoms with Crippen molar-refractivity contribution < 1.29 is 9.47 Å². The number of hydrazone groups is 1. The van der Waals surface area contributed by atoms with E-state index in [1.807, 2.05) is 0 Å². The Bertz CT molecular complexity index is 534. The molecule has 1 heterocycles. The zero-order chi connectivity index (χ0) is 13.7. The summed E-state index contributed by atoms with van der Waals surface area (Å²) in [4.78, 5) is 0. The third kappa shape index (κ3) is 3.59. The molecule has 0 aromatic heterocycles. The maximum Gasteiger partial charge on any atom is 0.231 e. The highest BCUT2D eigenvalue weighted by Gasteiger charge is 2.15. The molecular weight excluding hydrogens is 286 g/mol. The molecule has 0 unspecified atom stereocenters. The van der Waals surface area contributed by atoms with E-state index >= 15 is 0 Å². The fraction of sp³-hybridized carbons (Fsp3) is 0.167. The molecule has 2 N–H and O–H groups in total. The molecule has 1 aromatic carbocycles. The van der Waals surface area contributed by atoms with Gasteiger partial charge in [-0.3, -0.25) is 5.43 Å². The minimum Gasteiger partial charge on any atom is -0.454 e. The molecule has 0 radical (unpaired) electrons. The molecule has 2 rings (SSSR count). The van der Waals surface area contributed by atoms with Crippen molar-refractivity contribution in [2.45, 2.75) is 0 Å². The summed E-state index contributed by atoms with van der Waals surface area (Å²) >= 11 is 11.1. The SMILES string of the molecule is C=CCNC(=S)N/N=C/c1cc2c(cc1Cl)OCO2. The molecule has 1 aromatic rings. The van der Waals surface area contributed by atoms with Gasteiger partial charge in [-0.1, -0.05) is 17.7 Å². The molecule has 5 nitrogen and oxygen atoms in total. The van der Waals surface area contributed by atoms with Crippen LogP contribution in [0.3, 0.4) is 0 Å². The minimum atomic E-state index is 0.208. The van der Waals surface area contributed by atoms with Crippen molar-refractivity contribution in [2.24, 2.45) is 5.10 Å². The van der Waals surface area contributed by atoms with Crippen LogP contribution in [-0.2, 0) is 0 Å². The average Bonchev–Trinajstić information content (AvgIpc) is 2.83. The van der Waals surface area contributed by atoms with Gasteiger partial charge in [-0.15, -0.1) is 6.58 Å². The summed E-state index contributed by atoms with van der Waals surface area (Å²) in [6.45, 7) is 4.36. The third-order valence-corrected chi connectivity index (χ3v) is 2.83. The summed E-state index contributed by atoms with van der Waals surface area (Å²) in [5.41, 5.74) is 3.39. The first kappa shape index (κ1) is 13.6. The normalized spacial score (nSPS) is 12.5. The Morgan fingerprint density at radius 1 is 1.47 bits per heavy atom. The van der Waals surface area contributed by atoms with Gasteiger partial charge < -0.3 is 14.8 Å². The van der Waals surface area contributed by atoms with Crippen molar-refractivity contribution in [3.05, 3.63) is 35.4 Å². The Labute approximate surface area is 121 Å². The first-order chi connectivity index (χ1) is 9.20. The standard InChI is InChI=1S/C12H12ClN3O2S/c1-2-3-14-12(19)16-15-6-8-4-10-11(5-9(8)13)18-7-17-10/h2,4-6H,1,3,7H2,(H2,14,16,19)/b15-6+. The average molecular weight is 298 g/mol. The van der Waals surface area contributed by atoms with E-state index in [2.05, 4.69) is 22.4 Å². The highest BCUT2D eigenvalue weighted by Crippen LogP contribution is 2.36. The van der Waals surface area contributed by atoms with E-state index in [0.717, 1.165) is 0 Å². The largest absolute Gasteiger partial charge is 0.454 e. The van der Waals surface area contributed by atoms with E-state index in [4.69, 9.17) is 33.3 Å². The highest BCUT2D eigenvalue weighted by atomic mass is 35.5. The number of benzene rings is 1. The van der Waals surface area contributed by atoms with E-state index in [9.17, 15) is 0 Å².